The predicted molar refractivity (Wildman–Crippen MR) is 46.2 cm³/mol. The van der Waals surface area contributed by atoms with Crippen molar-refractivity contribution in [2.45, 2.75) is 33.4 Å². The van der Waals surface area contributed by atoms with Gasteiger partial charge in [0.05, 0.1) is 6.17 Å². The lowest BCUT2D eigenvalue weighted by Crippen LogP contribution is -2.11. The molecule has 1 atom stereocenters. The molecule has 0 aliphatic rings. The van der Waals surface area contributed by atoms with E-state index in [0.717, 1.165) is 6.42 Å². The van der Waals surface area contributed by atoms with Gasteiger partial charge in [-0.2, -0.15) is 0 Å². The van der Waals surface area contributed by atoms with Crippen LogP contribution in [0.5, 0.6) is 0 Å². The second-order valence-corrected chi connectivity index (χ2v) is 2.24. The molecule has 2 N–H and O–H groups in total. The van der Waals surface area contributed by atoms with Crippen LogP contribution in [0.25, 0.3) is 0 Å². The zero-order valence-electron chi connectivity index (χ0n) is 6.96. The minimum absolute atomic E-state index is 0.0819. The average molecular weight is 140 g/mol. The minimum Gasteiger partial charge on any atom is -0.310 e. The summed E-state index contributed by atoms with van der Waals surface area (Å²) in [4.78, 5) is 4.05. The maximum absolute atomic E-state index is 5.42. The summed E-state index contributed by atoms with van der Waals surface area (Å²) >= 11 is 0. The molecule has 0 radical (unpaired) electrons. The number of rotatable bonds is 3. The van der Waals surface area contributed by atoms with Crippen molar-refractivity contribution in [3.05, 3.63) is 11.6 Å². The molecule has 0 saturated heterocycles. The Morgan fingerprint density at radius 2 is 2.30 bits per heavy atom. The Morgan fingerprint density at radius 3 is 2.60 bits per heavy atom. The van der Waals surface area contributed by atoms with Gasteiger partial charge < -0.3 is 5.73 Å². The van der Waals surface area contributed by atoms with E-state index < -0.39 is 0 Å². The number of nitrogens with two attached hydrogens (primary N) is 1. The first-order valence-electron chi connectivity index (χ1n) is 3.64. The molecule has 0 bridgehead atoms. The van der Waals surface area contributed by atoms with E-state index in [-0.39, 0.29) is 6.17 Å². The Hall–Kier alpha value is -0.630. The second-order valence-electron chi connectivity index (χ2n) is 2.24. The molecule has 0 aliphatic heterocycles. The first-order chi connectivity index (χ1) is 4.70. The van der Waals surface area contributed by atoms with Crippen molar-refractivity contribution < 1.29 is 0 Å². The lowest BCUT2D eigenvalue weighted by atomic mass is 10.2. The van der Waals surface area contributed by atoms with Gasteiger partial charge in [-0.1, -0.05) is 13.0 Å². The fraction of sp³-hybridized carbons (Fsp3) is 0.625. The van der Waals surface area contributed by atoms with E-state index >= 15 is 0 Å². The van der Waals surface area contributed by atoms with E-state index in [2.05, 4.69) is 11.9 Å². The van der Waals surface area contributed by atoms with Crippen LogP contribution < -0.4 is 5.73 Å². The fourth-order valence-corrected chi connectivity index (χ4v) is 0.583. The number of aliphatic imine (C=N–C) groups is 1. The molecule has 2 heteroatoms. The summed E-state index contributed by atoms with van der Waals surface area (Å²) in [6.07, 6.45) is 4.82. The number of allylic oxidation sites excluding steroid dienone is 2. The molecular formula is C8H16N2. The standard InChI is InChI=1S/C8H16N2/c1-4-8(5-2)6-10-7(3)9/h4,6-7H,5,9H2,1-3H3/b8-4-,10-6-. The van der Waals surface area contributed by atoms with Crippen molar-refractivity contribution in [1.29, 1.82) is 0 Å². The van der Waals surface area contributed by atoms with Crippen molar-refractivity contribution in [3.63, 3.8) is 0 Å². The molecule has 58 valence electrons. The van der Waals surface area contributed by atoms with E-state index in [1.54, 1.807) is 0 Å². The van der Waals surface area contributed by atoms with E-state index in [4.69, 9.17) is 5.73 Å². The first-order valence-corrected chi connectivity index (χ1v) is 3.64. The van der Waals surface area contributed by atoms with E-state index in [9.17, 15) is 0 Å². The van der Waals surface area contributed by atoms with Gasteiger partial charge in [0.2, 0.25) is 0 Å². The van der Waals surface area contributed by atoms with Crippen molar-refractivity contribution in [2.75, 3.05) is 0 Å². The maximum Gasteiger partial charge on any atom is 0.0940 e. The van der Waals surface area contributed by atoms with Gasteiger partial charge in [-0.25, -0.2) is 0 Å². The summed E-state index contributed by atoms with van der Waals surface area (Å²) in [6.45, 7) is 5.97. The molecule has 0 spiro atoms. The van der Waals surface area contributed by atoms with Gasteiger partial charge in [-0.15, -0.1) is 0 Å². The molecule has 0 aromatic heterocycles. The van der Waals surface area contributed by atoms with Gasteiger partial charge in [0.15, 0.2) is 0 Å². The second kappa shape index (κ2) is 5.18. The van der Waals surface area contributed by atoms with Crippen LogP contribution in [0.3, 0.4) is 0 Å². The Kier molecular flexibility index (Phi) is 4.85. The van der Waals surface area contributed by atoms with Crippen LogP contribution in [0.1, 0.15) is 27.2 Å². The predicted octanol–water partition coefficient (Wildman–Crippen LogP) is 1.72. The number of hydrogen-bond donors (Lipinski definition) is 1. The topological polar surface area (TPSA) is 38.4 Å². The lowest BCUT2D eigenvalue weighted by molar-refractivity contribution is 0.796. The van der Waals surface area contributed by atoms with E-state index in [0.29, 0.717) is 0 Å². The van der Waals surface area contributed by atoms with Crippen LogP contribution in [-0.2, 0) is 0 Å². The summed E-state index contributed by atoms with van der Waals surface area (Å²) < 4.78 is 0. The molecule has 0 amide bonds. The minimum atomic E-state index is -0.0819. The maximum atomic E-state index is 5.42. The van der Waals surface area contributed by atoms with Crippen LogP contribution in [0.4, 0.5) is 0 Å². The quantitative estimate of drug-likeness (QED) is 0.595. The Balaban J connectivity index is 3.86. The summed E-state index contributed by atoms with van der Waals surface area (Å²) in [6, 6.07) is 0. The third-order valence-corrected chi connectivity index (χ3v) is 1.25. The van der Waals surface area contributed by atoms with E-state index in [1.165, 1.54) is 5.57 Å². The molecular weight excluding hydrogens is 124 g/mol. The fourth-order valence-electron chi connectivity index (χ4n) is 0.583. The molecule has 1 unspecified atom stereocenters. The highest BCUT2D eigenvalue weighted by atomic mass is 14.9. The van der Waals surface area contributed by atoms with Gasteiger partial charge in [-0.05, 0) is 25.8 Å². The SMILES string of the molecule is C/C=C(\C=N/C(C)N)CC. The molecule has 0 aliphatic carbocycles. The molecule has 0 heterocycles. The summed E-state index contributed by atoms with van der Waals surface area (Å²) in [7, 11) is 0. The molecule has 10 heavy (non-hydrogen) atoms. The van der Waals surface area contributed by atoms with E-state index in [1.807, 2.05) is 26.1 Å². The van der Waals surface area contributed by atoms with Gasteiger partial charge in [0, 0.05) is 6.21 Å². The normalized spacial score (nSPS) is 16.2. The molecule has 0 fully saturated rings. The van der Waals surface area contributed by atoms with Crippen LogP contribution in [-0.4, -0.2) is 12.4 Å². The van der Waals surface area contributed by atoms with Crippen molar-refractivity contribution >= 4 is 6.21 Å². The Bertz CT molecular complexity index is 134. The summed E-state index contributed by atoms with van der Waals surface area (Å²) in [5.41, 5.74) is 6.66. The van der Waals surface area contributed by atoms with Crippen molar-refractivity contribution in [1.82, 2.24) is 0 Å². The summed E-state index contributed by atoms with van der Waals surface area (Å²) in [5.74, 6) is 0. The van der Waals surface area contributed by atoms with Gasteiger partial charge in [-0.3, -0.25) is 4.99 Å². The van der Waals surface area contributed by atoms with Crippen LogP contribution in [0, 0.1) is 0 Å². The lowest BCUT2D eigenvalue weighted by Gasteiger charge is -1.96. The number of nitrogens with zero attached hydrogens (tertiary/aromatic N) is 1. The largest absolute Gasteiger partial charge is 0.310 e. The smallest absolute Gasteiger partial charge is 0.0940 e. The van der Waals surface area contributed by atoms with Crippen LogP contribution in [0.15, 0.2) is 16.6 Å². The molecule has 0 aromatic rings. The molecule has 0 rings (SSSR count). The highest BCUT2D eigenvalue weighted by molar-refractivity contribution is 5.78. The Morgan fingerprint density at radius 1 is 1.70 bits per heavy atom. The van der Waals surface area contributed by atoms with Crippen LogP contribution in [0.2, 0.25) is 0 Å². The van der Waals surface area contributed by atoms with Crippen LogP contribution >= 0.6 is 0 Å². The zero-order chi connectivity index (χ0) is 7.98. The third kappa shape index (κ3) is 4.27. The molecule has 0 saturated carbocycles. The third-order valence-electron chi connectivity index (χ3n) is 1.25. The monoisotopic (exact) mass is 140 g/mol. The van der Waals surface area contributed by atoms with Gasteiger partial charge in [0.1, 0.15) is 0 Å². The van der Waals surface area contributed by atoms with Crippen molar-refractivity contribution in [3.8, 4) is 0 Å². The first kappa shape index (κ1) is 9.37. The average Bonchev–Trinajstić information content (AvgIpc) is 1.90. The zero-order valence-corrected chi connectivity index (χ0v) is 6.96. The number of hydrogen-bond acceptors (Lipinski definition) is 2. The molecule has 0 aromatic carbocycles. The van der Waals surface area contributed by atoms with Gasteiger partial charge >= 0.3 is 0 Å². The Labute approximate surface area is 62.8 Å². The van der Waals surface area contributed by atoms with Crippen molar-refractivity contribution in [2.24, 2.45) is 10.7 Å². The summed E-state index contributed by atoms with van der Waals surface area (Å²) in [5, 5.41) is 0. The van der Waals surface area contributed by atoms with Gasteiger partial charge in [0.25, 0.3) is 0 Å². The highest BCUT2D eigenvalue weighted by Crippen LogP contribution is 1.95. The molecule has 2 nitrogen and oxygen atoms in total. The highest BCUT2D eigenvalue weighted by Gasteiger charge is 1.86.